The fraction of sp³-hybridized carbons (Fsp3) is 0.233. The lowest BCUT2D eigenvalue weighted by Gasteiger charge is -2.14. The quantitative estimate of drug-likeness (QED) is 0.190. The molecule has 0 spiro atoms. The van der Waals surface area contributed by atoms with E-state index in [4.69, 9.17) is 13.9 Å². The lowest BCUT2D eigenvalue weighted by atomic mass is 9.98. The molecule has 1 N–H and O–H groups in total. The number of amides is 1. The molecule has 7 heteroatoms. The molecule has 1 heterocycles. The van der Waals surface area contributed by atoms with Gasteiger partial charge >= 0.3 is 11.6 Å². The second-order valence-corrected chi connectivity index (χ2v) is 9.19. The monoisotopic (exact) mass is 499 g/mol. The molecule has 7 nitrogen and oxygen atoms in total. The van der Waals surface area contributed by atoms with Crippen LogP contribution in [-0.2, 0) is 4.79 Å². The highest BCUT2D eigenvalue weighted by Gasteiger charge is 2.17. The van der Waals surface area contributed by atoms with Crippen LogP contribution in [-0.4, -0.2) is 18.5 Å². The van der Waals surface area contributed by atoms with E-state index in [1.807, 2.05) is 62.4 Å². The summed E-state index contributed by atoms with van der Waals surface area (Å²) >= 11 is 0. The average Bonchev–Trinajstić information content (AvgIpc) is 2.87. The third-order valence-electron chi connectivity index (χ3n) is 6.05. The molecule has 0 aliphatic heterocycles. The average molecular weight is 500 g/mol. The summed E-state index contributed by atoms with van der Waals surface area (Å²) in [6, 6.07) is 20.9. The van der Waals surface area contributed by atoms with Gasteiger partial charge in [0.15, 0.2) is 6.61 Å². The number of carbonyl (C=O) groups is 2. The van der Waals surface area contributed by atoms with Gasteiger partial charge in [0.2, 0.25) is 0 Å². The van der Waals surface area contributed by atoms with Crippen LogP contribution in [0.25, 0.3) is 11.0 Å². The van der Waals surface area contributed by atoms with E-state index >= 15 is 0 Å². The van der Waals surface area contributed by atoms with Gasteiger partial charge in [0, 0.05) is 11.5 Å². The van der Waals surface area contributed by atoms with Crippen LogP contribution in [0.5, 0.6) is 11.5 Å². The van der Waals surface area contributed by atoms with Gasteiger partial charge in [0.25, 0.3) is 5.91 Å². The van der Waals surface area contributed by atoms with Crippen molar-refractivity contribution in [2.45, 2.75) is 39.7 Å². The Morgan fingerprint density at radius 2 is 1.65 bits per heavy atom. The van der Waals surface area contributed by atoms with Gasteiger partial charge in [0.1, 0.15) is 22.6 Å². The molecule has 0 aliphatic carbocycles. The van der Waals surface area contributed by atoms with Crippen molar-refractivity contribution >= 4 is 22.8 Å². The lowest BCUT2D eigenvalue weighted by Crippen LogP contribution is -2.30. The number of esters is 1. The van der Waals surface area contributed by atoms with Crippen LogP contribution in [0.4, 0.5) is 0 Å². The van der Waals surface area contributed by atoms with Gasteiger partial charge in [-0.2, -0.15) is 0 Å². The number of nitrogens with one attached hydrogen (secondary N) is 1. The van der Waals surface area contributed by atoms with Crippen molar-refractivity contribution in [1.29, 1.82) is 0 Å². The highest BCUT2D eigenvalue weighted by molar-refractivity contribution is 5.97. The predicted molar refractivity (Wildman–Crippen MR) is 141 cm³/mol. The second-order valence-electron chi connectivity index (χ2n) is 9.19. The number of ether oxygens (including phenoxy) is 2. The number of hydrogen-bond donors (Lipinski definition) is 1. The molecule has 190 valence electrons. The summed E-state index contributed by atoms with van der Waals surface area (Å²) in [5.74, 6) is 0.0472. The van der Waals surface area contributed by atoms with Crippen molar-refractivity contribution in [1.82, 2.24) is 5.32 Å². The van der Waals surface area contributed by atoms with Crippen LogP contribution in [0.15, 0.2) is 82.0 Å². The molecule has 4 aromatic rings. The minimum Gasteiger partial charge on any atom is -0.482 e. The van der Waals surface area contributed by atoms with Crippen LogP contribution >= 0.6 is 0 Å². The Labute approximate surface area is 215 Å². The first-order valence-electron chi connectivity index (χ1n) is 12.1. The van der Waals surface area contributed by atoms with E-state index in [-0.39, 0.29) is 29.5 Å². The van der Waals surface area contributed by atoms with E-state index in [0.29, 0.717) is 17.1 Å². The fourth-order valence-electron chi connectivity index (χ4n) is 4.10. The molecule has 0 radical (unpaired) electrons. The standard InChI is InChI=1S/C30H29NO6/c1-18(2)25-13-12-23(14-19(25)3)35-17-28(32)36-24-11-10-22-15-26(30(34)37-27(22)16-24)29(33)31-20(4)21-8-6-5-7-9-21/h5-16,18,20H,17H2,1-4H3,(H,31,33). The first-order chi connectivity index (χ1) is 17.7. The number of carbonyl (C=O) groups excluding carboxylic acids is 2. The maximum Gasteiger partial charge on any atom is 0.349 e. The van der Waals surface area contributed by atoms with Crippen molar-refractivity contribution in [3.05, 3.63) is 105 Å². The molecule has 0 bridgehead atoms. The Morgan fingerprint density at radius 1 is 0.919 bits per heavy atom. The lowest BCUT2D eigenvalue weighted by molar-refractivity contribution is -0.136. The molecular formula is C30H29NO6. The van der Waals surface area contributed by atoms with Crippen molar-refractivity contribution in [2.75, 3.05) is 6.61 Å². The molecule has 1 amide bonds. The smallest absolute Gasteiger partial charge is 0.349 e. The van der Waals surface area contributed by atoms with E-state index in [2.05, 4.69) is 19.2 Å². The molecule has 0 saturated carbocycles. The molecule has 0 aliphatic rings. The molecule has 1 aromatic heterocycles. The number of fused-ring (bicyclic) bond motifs is 1. The van der Waals surface area contributed by atoms with Crippen molar-refractivity contribution in [3.8, 4) is 11.5 Å². The first-order valence-corrected chi connectivity index (χ1v) is 12.1. The minimum atomic E-state index is -0.780. The first kappa shape index (κ1) is 25.7. The van der Waals surface area contributed by atoms with Gasteiger partial charge in [0.05, 0.1) is 6.04 Å². The highest BCUT2D eigenvalue weighted by atomic mass is 16.6. The van der Waals surface area contributed by atoms with Crippen LogP contribution in [0.1, 0.15) is 59.8 Å². The van der Waals surface area contributed by atoms with E-state index in [1.54, 1.807) is 12.1 Å². The van der Waals surface area contributed by atoms with Gasteiger partial charge in [-0.3, -0.25) is 4.79 Å². The highest BCUT2D eigenvalue weighted by Crippen LogP contribution is 2.24. The Morgan fingerprint density at radius 3 is 2.35 bits per heavy atom. The van der Waals surface area contributed by atoms with Gasteiger partial charge in [-0.25, -0.2) is 9.59 Å². The third-order valence-corrected chi connectivity index (χ3v) is 6.05. The second kappa shape index (κ2) is 11.1. The number of aryl methyl sites for hydroxylation is 1. The maximum absolute atomic E-state index is 12.7. The summed E-state index contributed by atoms with van der Waals surface area (Å²) < 4.78 is 16.3. The van der Waals surface area contributed by atoms with Crippen molar-refractivity contribution in [3.63, 3.8) is 0 Å². The zero-order valence-electron chi connectivity index (χ0n) is 21.2. The van der Waals surface area contributed by atoms with Gasteiger partial charge in [-0.1, -0.05) is 50.2 Å². The van der Waals surface area contributed by atoms with E-state index in [0.717, 1.165) is 11.1 Å². The van der Waals surface area contributed by atoms with Gasteiger partial charge in [-0.15, -0.1) is 0 Å². The molecule has 0 fully saturated rings. The molecule has 1 atom stereocenters. The summed E-state index contributed by atoms with van der Waals surface area (Å²) in [4.78, 5) is 37.6. The van der Waals surface area contributed by atoms with Gasteiger partial charge in [-0.05, 0) is 66.8 Å². The number of benzene rings is 3. The van der Waals surface area contributed by atoms with Crippen LogP contribution in [0.2, 0.25) is 0 Å². The summed E-state index contributed by atoms with van der Waals surface area (Å²) in [5, 5.41) is 3.33. The number of hydrogen-bond acceptors (Lipinski definition) is 6. The zero-order chi connectivity index (χ0) is 26.5. The van der Waals surface area contributed by atoms with Crippen molar-refractivity contribution < 1.29 is 23.5 Å². The number of rotatable bonds is 8. The summed E-state index contributed by atoms with van der Waals surface area (Å²) in [6.45, 7) is 7.80. The van der Waals surface area contributed by atoms with E-state index in [9.17, 15) is 14.4 Å². The summed E-state index contributed by atoms with van der Waals surface area (Å²) in [6.07, 6.45) is 0. The molecule has 3 aromatic carbocycles. The Hall–Kier alpha value is -4.39. The molecular weight excluding hydrogens is 470 g/mol. The van der Waals surface area contributed by atoms with E-state index in [1.165, 1.54) is 17.7 Å². The normalized spacial score (nSPS) is 11.8. The molecule has 37 heavy (non-hydrogen) atoms. The zero-order valence-corrected chi connectivity index (χ0v) is 21.2. The topological polar surface area (TPSA) is 94.8 Å². The Balaban J connectivity index is 1.41. The van der Waals surface area contributed by atoms with Crippen LogP contribution in [0.3, 0.4) is 0 Å². The molecule has 0 saturated heterocycles. The third kappa shape index (κ3) is 6.25. The van der Waals surface area contributed by atoms with Crippen molar-refractivity contribution in [2.24, 2.45) is 0 Å². The van der Waals surface area contributed by atoms with Crippen LogP contribution < -0.4 is 20.4 Å². The van der Waals surface area contributed by atoms with E-state index < -0.39 is 17.5 Å². The SMILES string of the molecule is Cc1cc(OCC(=O)Oc2ccc3cc(C(=O)NC(C)c4ccccc4)c(=O)oc3c2)ccc1C(C)C. The van der Waals surface area contributed by atoms with Crippen LogP contribution in [0, 0.1) is 6.92 Å². The summed E-state index contributed by atoms with van der Waals surface area (Å²) in [5.41, 5.74) is 2.54. The molecule has 4 rings (SSSR count). The summed E-state index contributed by atoms with van der Waals surface area (Å²) in [7, 11) is 0. The van der Waals surface area contributed by atoms with Gasteiger partial charge < -0.3 is 19.2 Å². The Bertz CT molecular complexity index is 1490. The maximum atomic E-state index is 12.7. The fourth-order valence-corrected chi connectivity index (χ4v) is 4.10. The minimum absolute atomic E-state index is 0.104. The Kier molecular flexibility index (Phi) is 7.72. The predicted octanol–water partition coefficient (Wildman–Crippen LogP) is 5.70. The molecule has 1 unspecified atom stereocenters. The largest absolute Gasteiger partial charge is 0.482 e.